The van der Waals surface area contributed by atoms with Crippen LogP contribution in [0.4, 0.5) is 0 Å². The van der Waals surface area contributed by atoms with Crippen molar-refractivity contribution in [3.8, 4) is 0 Å². The van der Waals surface area contributed by atoms with Crippen LogP contribution in [-0.2, 0) is 4.57 Å². The average molecular weight is 114 g/mol. The Balaban J connectivity index is 0. The van der Waals surface area contributed by atoms with Crippen LogP contribution in [0.15, 0.2) is 0 Å². The summed E-state index contributed by atoms with van der Waals surface area (Å²) in [6, 6.07) is 0. The lowest BCUT2D eigenvalue weighted by atomic mass is 15.9. The zero-order valence-electron chi connectivity index (χ0n) is 2.33. The van der Waals surface area contributed by atoms with Gasteiger partial charge in [0.2, 0.25) is 0 Å². The van der Waals surface area contributed by atoms with E-state index in [2.05, 4.69) is 0 Å². The third-order valence-corrected chi connectivity index (χ3v) is 0. The number of hydrogen-bond donors (Lipinski definition) is 2. The minimum absolute atomic E-state index is 0.833. The molecule has 0 amide bonds. The molecule has 0 aromatic heterocycles. The Morgan fingerprint density at radius 2 is 1.60 bits per heavy atom. The second kappa shape index (κ2) is 25.2. The summed E-state index contributed by atoms with van der Waals surface area (Å²) < 4.78 is 8.46. The Morgan fingerprint density at radius 3 is 1.60 bits per heavy atom. The van der Waals surface area contributed by atoms with E-state index in [9.17, 15) is 0 Å². The van der Waals surface area contributed by atoms with Crippen LogP contribution in [0.3, 0.4) is 0 Å². The van der Waals surface area contributed by atoms with Crippen molar-refractivity contribution in [3.63, 3.8) is 0 Å². The topological polar surface area (TPSA) is 57.5 Å². The van der Waals surface area contributed by atoms with Gasteiger partial charge < -0.3 is 9.79 Å². The zero-order chi connectivity index (χ0) is 4.71. The Labute approximate surface area is 33.6 Å². The standard InChI is InChI=1S/HO2P.H3OP/c1-3-2;1-2/h(H,1,2);1H,2H2. The first kappa shape index (κ1) is 9.07. The Morgan fingerprint density at radius 1 is 1.60 bits per heavy atom. The zero-order valence-corrected chi connectivity index (χ0v) is 4.38. The largest absolute Gasteiger partial charge is 0.380 e. The van der Waals surface area contributed by atoms with Gasteiger partial charge in [-0.3, -0.25) is 0 Å². The molecule has 1 unspecified atom stereocenters. The molecule has 0 saturated carbocycles. The lowest BCUT2D eigenvalue weighted by Gasteiger charge is -1.24. The minimum Gasteiger partial charge on any atom is -0.380 e. The fourth-order valence-corrected chi connectivity index (χ4v) is 0. The predicted molar refractivity (Wildman–Crippen MR) is 21.8 cm³/mol. The predicted octanol–water partition coefficient (Wildman–Crippen LogP) is -0.0458. The fourth-order valence-electron chi connectivity index (χ4n) is 0. The highest BCUT2D eigenvalue weighted by molar-refractivity contribution is 7.16. The van der Waals surface area contributed by atoms with Crippen molar-refractivity contribution in [1.82, 2.24) is 0 Å². The maximum absolute atomic E-state index is 8.46. The molecule has 0 spiro atoms. The van der Waals surface area contributed by atoms with Crippen LogP contribution < -0.4 is 0 Å². The molecular weight excluding hydrogens is 110 g/mol. The minimum atomic E-state index is -0.833. The SMILES string of the molecule is O=PO.OP. The Kier molecular flexibility index (Phi) is 45.7. The van der Waals surface area contributed by atoms with Crippen LogP contribution in [0.1, 0.15) is 0 Å². The third-order valence-electron chi connectivity index (χ3n) is 0. The molecule has 5 heteroatoms. The molecule has 0 fully saturated rings. The van der Waals surface area contributed by atoms with Gasteiger partial charge >= 0.3 is 8.69 Å². The maximum Gasteiger partial charge on any atom is 0.324 e. The van der Waals surface area contributed by atoms with Gasteiger partial charge in [0, 0.05) is 0 Å². The van der Waals surface area contributed by atoms with Gasteiger partial charge in [-0.05, 0) is 9.47 Å². The Hall–Kier alpha value is 0.450. The van der Waals surface area contributed by atoms with Crippen LogP contribution in [0, 0.1) is 0 Å². The lowest BCUT2D eigenvalue weighted by molar-refractivity contribution is 0.524. The van der Waals surface area contributed by atoms with Crippen LogP contribution >= 0.6 is 18.2 Å². The van der Waals surface area contributed by atoms with Crippen LogP contribution in [0.5, 0.6) is 0 Å². The smallest absolute Gasteiger partial charge is 0.324 e. The van der Waals surface area contributed by atoms with Crippen LogP contribution in [0.2, 0.25) is 0 Å². The first-order valence-electron chi connectivity index (χ1n) is 0.641. The molecule has 0 rings (SSSR count). The summed E-state index contributed by atoms with van der Waals surface area (Å²) >= 11 is 0. The van der Waals surface area contributed by atoms with Gasteiger partial charge in [-0.15, -0.1) is 0 Å². The van der Waals surface area contributed by atoms with E-state index >= 15 is 0 Å². The summed E-state index contributed by atoms with van der Waals surface area (Å²) in [5.41, 5.74) is 0. The van der Waals surface area contributed by atoms with E-state index in [1.54, 1.807) is 0 Å². The highest BCUT2D eigenvalue weighted by Gasteiger charge is 1.28. The van der Waals surface area contributed by atoms with E-state index < -0.39 is 8.69 Å². The first-order valence-corrected chi connectivity index (χ1v) is 1.92. The molecule has 0 aromatic rings. The van der Waals surface area contributed by atoms with Gasteiger partial charge in [-0.2, -0.15) is 0 Å². The van der Waals surface area contributed by atoms with Gasteiger partial charge in [0.05, 0.1) is 0 Å². The second-order valence-electron chi connectivity index (χ2n) is 0.0816. The lowest BCUT2D eigenvalue weighted by Crippen LogP contribution is -1.03. The van der Waals surface area contributed by atoms with Gasteiger partial charge in [0.15, 0.2) is 0 Å². The highest BCUT2D eigenvalue weighted by atomic mass is 31.1. The summed E-state index contributed by atoms with van der Waals surface area (Å²) in [4.78, 5) is 13.9. The van der Waals surface area contributed by atoms with Crippen molar-refractivity contribution < 1.29 is 14.4 Å². The quantitative estimate of drug-likeness (QED) is 0.434. The summed E-state index contributed by atoms with van der Waals surface area (Å²) in [5.74, 6) is 0. The molecule has 0 bridgehead atoms. The monoisotopic (exact) mass is 114 g/mol. The van der Waals surface area contributed by atoms with E-state index in [1.807, 2.05) is 0 Å². The van der Waals surface area contributed by atoms with E-state index in [0.717, 1.165) is 0 Å². The molecule has 1 atom stereocenters. The number of rotatable bonds is 0. The van der Waals surface area contributed by atoms with Gasteiger partial charge in [0.1, 0.15) is 0 Å². The van der Waals surface area contributed by atoms with E-state index in [1.165, 1.54) is 9.47 Å². The molecule has 5 heavy (non-hydrogen) atoms. The van der Waals surface area contributed by atoms with E-state index in [0.29, 0.717) is 0 Å². The molecule has 0 aliphatic carbocycles. The molecule has 2 N–H and O–H groups in total. The molecule has 3 nitrogen and oxygen atoms in total. The second-order valence-corrected chi connectivity index (χ2v) is 0.245. The molecule has 0 aromatic carbocycles. The van der Waals surface area contributed by atoms with Crippen molar-refractivity contribution in [2.45, 2.75) is 0 Å². The van der Waals surface area contributed by atoms with Crippen molar-refractivity contribution in [3.05, 3.63) is 0 Å². The number of hydrogen-bond acceptors (Lipinski definition) is 2. The fraction of sp³-hybridized carbons (Fsp3) is 0. The van der Waals surface area contributed by atoms with Crippen molar-refractivity contribution >= 4 is 18.2 Å². The average Bonchev–Trinajstić information content (AvgIpc) is 1.46. The molecule has 0 heterocycles. The molecule has 0 saturated heterocycles. The maximum atomic E-state index is 8.46. The molecule has 0 aliphatic heterocycles. The van der Waals surface area contributed by atoms with Crippen LogP contribution in [-0.4, -0.2) is 9.79 Å². The Bertz CT molecular complexity index is 12.4. The summed E-state index contributed by atoms with van der Waals surface area (Å²) in [5, 5.41) is 0. The highest BCUT2D eigenvalue weighted by Crippen LogP contribution is 1.66. The van der Waals surface area contributed by atoms with Gasteiger partial charge in [0.25, 0.3) is 0 Å². The van der Waals surface area contributed by atoms with Crippen molar-refractivity contribution in [2.75, 3.05) is 0 Å². The summed E-state index contributed by atoms with van der Waals surface area (Å²) in [6.07, 6.45) is 0. The third kappa shape index (κ3) is 132. The molecule has 0 aliphatic rings. The van der Waals surface area contributed by atoms with Gasteiger partial charge in [-0.25, -0.2) is 4.57 Å². The molecule has 0 radical (unpaired) electrons. The molecular formula is H4O3P2. The van der Waals surface area contributed by atoms with E-state index in [4.69, 9.17) is 14.4 Å². The van der Waals surface area contributed by atoms with Crippen molar-refractivity contribution in [2.24, 2.45) is 0 Å². The van der Waals surface area contributed by atoms with E-state index in [-0.39, 0.29) is 0 Å². The summed E-state index contributed by atoms with van der Waals surface area (Å²) in [7, 11) is 0.583. The first-order chi connectivity index (χ1) is 2.41. The normalized spacial score (nSPS) is 5.40. The van der Waals surface area contributed by atoms with Crippen LogP contribution in [0.25, 0.3) is 0 Å². The van der Waals surface area contributed by atoms with Crippen molar-refractivity contribution in [1.29, 1.82) is 0 Å². The van der Waals surface area contributed by atoms with Gasteiger partial charge in [-0.1, -0.05) is 0 Å². The summed E-state index contributed by atoms with van der Waals surface area (Å²) in [6.45, 7) is 0. The molecule has 32 valence electrons.